The van der Waals surface area contributed by atoms with E-state index in [2.05, 4.69) is 53.4 Å². The molecule has 0 heterocycles. The second-order valence-corrected chi connectivity index (χ2v) is 12.5. The summed E-state index contributed by atoms with van der Waals surface area (Å²) in [6.45, 7) is 0. The average molecular weight is 633 g/mol. The molecule has 2 unspecified atom stereocenters. The van der Waals surface area contributed by atoms with E-state index in [0.29, 0.717) is 16.8 Å². The Hall–Kier alpha value is -5.56. The quantitative estimate of drug-likeness (QED) is 0.183. The van der Waals surface area contributed by atoms with E-state index in [-0.39, 0.29) is 11.5 Å². The molecule has 2 atom stereocenters. The highest BCUT2D eigenvalue weighted by Gasteiger charge is 2.41. The molecule has 0 radical (unpaired) electrons. The van der Waals surface area contributed by atoms with E-state index >= 15 is 0 Å². The predicted octanol–water partition coefficient (Wildman–Crippen LogP) is 7.31. The summed E-state index contributed by atoms with van der Waals surface area (Å²) >= 11 is 0. The Bertz CT molecular complexity index is 1950. The van der Waals surface area contributed by atoms with Crippen molar-refractivity contribution >= 4 is 22.7 Å². The minimum Gasteiger partial charge on any atom is -0.851 e. The molecule has 0 saturated heterocycles. The monoisotopic (exact) mass is 632 g/mol. The molecule has 0 bridgehead atoms. The zero-order chi connectivity index (χ0) is 33.4. The summed E-state index contributed by atoms with van der Waals surface area (Å²) in [6.07, 6.45) is -2.62. The predicted molar refractivity (Wildman–Crippen MR) is 189 cm³/mol. The molecule has 6 heteroatoms. The fourth-order valence-electron chi connectivity index (χ4n) is 6.90. The second-order valence-electron chi connectivity index (χ2n) is 12.5. The Balaban J connectivity index is 1.31. The Labute approximate surface area is 281 Å². The molecule has 1 fully saturated rings. The number of phenols is 2. The molecule has 0 spiro atoms. The number of anilines is 4. The van der Waals surface area contributed by atoms with Gasteiger partial charge < -0.3 is 30.2 Å². The Morgan fingerprint density at radius 1 is 0.479 bits per heavy atom. The van der Waals surface area contributed by atoms with Gasteiger partial charge in [0.1, 0.15) is 11.5 Å². The van der Waals surface area contributed by atoms with Crippen LogP contribution < -0.4 is 20.0 Å². The SMILES string of the molecule is CN(C)c1ccc(C2C([O-])C(c3ccc(N(c4ccccc4-c4ccccc4)c4ccccc4-c4ccccc4)cc3O)C2[O-])c(O)c1. The van der Waals surface area contributed by atoms with Gasteiger partial charge in [-0.05, 0) is 58.4 Å². The van der Waals surface area contributed by atoms with Crippen molar-refractivity contribution in [2.45, 2.75) is 24.0 Å². The number of nitrogens with zero attached hydrogens (tertiary/aromatic N) is 2. The van der Waals surface area contributed by atoms with Crippen LogP contribution in [0.1, 0.15) is 23.0 Å². The average Bonchev–Trinajstić information content (AvgIpc) is 3.11. The highest BCUT2D eigenvalue weighted by molar-refractivity contribution is 5.93. The van der Waals surface area contributed by atoms with Crippen LogP contribution in [0.2, 0.25) is 0 Å². The van der Waals surface area contributed by atoms with E-state index in [0.717, 1.165) is 39.3 Å². The van der Waals surface area contributed by atoms with Gasteiger partial charge in [-0.25, -0.2) is 0 Å². The molecular weight excluding hydrogens is 596 g/mol. The lowest BCUT2D eigenvalue weighted by atomic mass is 9.63. The number of aromatic hydroxyl groups is 2. The number of hydrogen-bond acceptors (Lipinski definition) is 6. The number of benzene rings is 6. The van der Waals surface area contributed by atoms with E-state index in [9.17, 15) is 20.4 Å². The van der Waals surface area contributed by atoms with Gasteiger partial charge >= 0.3 is 0 Å². The van der Waals surface area contributed by atoms with Crippen LogP contribution in [0.25, 0.3) is 22.3 Å². The largest absolute Gasteiger partial charge is 0.851 e. The molecule has 0 aromatic heterocycles. The van der Waals surface area contributed by atoms with Crippen molar-refractivity contribution in [1.82, 2.24) is 0 Å². The van der Waals surface area contributed by atoms with Crippen LogP contribution in [0, 0.1) is 0 Å². The molecule has 0 aliphatic heterocycles. The molecule has 240 valence electrons. The number of hydrogen-bond donors (Lipinski definition) is 2. The second kappa shape index (κ2) is 12.9. The van der Waals surface area contributed by atoms with E-state index in [1.54, 1.807) is 30.3 Å². The van der Waals surface area contributed by atoms with Crippen LogP contribution in [0.15, 0.2) is 146 Å². The molecule has 6 nitrogen and oxygen atoms in total. The zero-order valence-electron chi connectivity index (χ0n) is 26.8. The van der Waals surface area contributed by atoms with Gasteiger partial charge in [-0.2, -0.15) is 0 Å². The van der Waals surface area contributed by atoms with Crippen LogP contribution in [-0.4, -0.2) is 36.5 Å². The normalized spacial score (nSPS) is 18.6. The van der Waals surface area contributed by atoms with Crippen LogP contribution in [0.4, 0.5) is 22.7 Å². The fraction of sp³-hybridized carbons (Fsp3) is 0.143. The maximum atomic E-state index is 13.6. The standard InChI is InChI=1S/C42H36N2O4/c1-43(2)29-21-23-33(37(45)25-29)39-41(47)40(42(39)48)34-24-22-30(26-38(34)46)44(35-19-11-9-17-31(35)27-13-5-3-6-14-27)36-20-12-10-18-32(36)28-15-7-4-8-16-28/h3-26,39-42,45-46H,1-2H3/q-2. The maximum absolute atomic E-state index is 13.6. The van der Waals surface area contributed by atoms with Gasteiger partial charge in [0, 0.05) is 48.7 Å². The van der Waals surface area contributed by atoms with Gasteiger partial charge in [-0.3, -0.25) is 0 Å². The topological polar surface area (TPSA) is 93.1 Å². The molecule has 2 N–H and O–H groups in total. The van der Waals surface area contributed by atoms with Crippen molar-refractivity contribution in [2.75, 3.05) is 23.9 Å². The summed E-state index contributed by atoms with van der Waals surface area (Å²) in [5.41, 5.74) is 8.05. The van der Waals surface area contributed by atoms with Gasteiger partial charge in [-0.1, -0.05) is 109 Å². The molecule has 1 aliphatic carbocycles. The zero-order valence-corrected chi connectivity index (χ0v) is 26.8. The van der Waals surface area contributed by atoms with Crippen molar-refractivity contribution in [2.24, 2.45) is 0 Å². The van der Waals surface area contributed by atoms with Gasteiger partial charge in [0.15, 0.2) is 0 Å². The molecule has 1 saturated carbocycles. The lowest BCUT2D eigenvalue weighted by Crippen LogP contribution is -2.63. The minimum atomic E-state index is -1.31. The first-order valence-electron chi connectivity index (χ1n) is 16.1. The number of rotatable bonds is 8. The van der Waals surface area contributed by atoms with E-state index in [1.165, 1.54) is 0 Å². The first-order chi connectivity index (χ1) is 23.3. The molecule has 1 aliphatic rings. The third kappa shape index (κ3) is 5.55. The van der Waals surface area contributed by atoms with Crippen molar-refractivity contribution in [3.05, 3.63) is 157 Å². The van der Waals surface area contributed by atoms with Crippen LogP contribution in [0.5, 0.6) is 11.5 Å². The highest BCUT2D eigenvalue weighted by atomic mass is 16.3. The first kappa shape index (κ1) is 31.1. The smallest absolute Gasteiger partial charge is 0.121 e. The summed E-state index contributed by atoms with van der Waals surface area (Å²) in [4.78, 5) is 3.96. The fourth-order valence-corrected chi connectivity index (χ4v) is 6.90. The van der Waals surface area contributed by atoms with E-state index in [4.69, 9.17) is 0 Å². The van der Waals surface area contributed by atoms with Gasteiger partial charge in [0.2, 0.25) is 0 Å². The van der Waals surface area contributed by atoms with Crippen molar-refractivity contribution in [3.8, 4) is 33.8 Å². The Kier molecular flexibility index (Phi) is 8.36. The third-order valence-corrected chi connectivity index (χ3v) is 9.40. The van der Waals surface area contributed by atoms with Gasteiger partial charge in [0.25, 0.3) is 0 Å². The summed E-state index contributed by atoms with van der Waals surface area (Å²) in [7, 11) is 3.71. The third-order valence-electron chi connectivity index (χ3n) is 9.40. The number of phenolic OH excluding ortho intramolecular Hbond substituents is 2. The van der Waals surface area contributed by atoms with Crippen molar-refractivity contribution in [1.29, 1.82) is 0 Å². The lowest BCUT2D eigenvalue weighted by molar-refractivity contribution is -0.536. The summed E-state index contributed by atoms with van der Waals surface area (Å²) in [5.74, 6) is -2.02. The minimum absolute atomic E-state index is 0.0595. The van der Waals surface area contributed by atoms with Crippen LogP contribution in [-0.2, 0) is 0 Å². The number of para-hydroxylation sites is 2. The van der Waals surface area contributed by atoms with Gasteiger partial charge in [0.05, 0.1) is 11.4 Å². The summed E-state index contributed by atoms with van der Waals surface area (Å²) < 4.78 is 0. The summed E-state index contributed by atoms with van der Waals surface area (Å²) in [6, 6.07) is 46.8. The molecule has 6 aromatic carbocycles. The van der Waals surface area contributed by atoms with E-state index < -0.39 is 24.0 Å². The molecular formula is C42H36N2O4-2. The lowest BCUT2D eigenvalue weighted by Gasteiger charge is -2.61. The Morgan fingerprint density at radius 3 is 1.31 bits per heavy atom. The van der Waals surface area contributed by atoms with Crippen molar-refractivity contribution < 1.29 is 20.4 Å². The van der Waals surface area contributed by atoms with Crippen molar-refractivity contribution in [3.63, 3.8) is 0 Å². The molecule has 6 aromatic rings. The molecule has 48 heavy (non-hydrogen) atoms. The summed E-state index contributed by atoms with van der Waals surface area (Å²) in [5, 5.41) is 49.4. The highest BCUT2D eigenvalue weighted by Crippen LogP contribution is 2.51. The Morgan fingerprint density at radius 2 is 0.875 bits per heavy atom. The van der Waals surface area contributed by atoms with Crippen LogP contribution in [0.3, 0.4) is 0 Å². The van der Waals surface area contributed by atoms with E-state index in [1.807, 2.05) is 85.7 Å². The first-order valence-corrected chi connectivity index (χ1v) is 16.1. The van der Waals surface area contributed by atoms with Gasteiger partial charge in [-0.15, -0.1) is 12.2 Å². The maximum Gasteiger partial charge on any atom is 0.121 e. The van der Waals surface area contributed by atoms with Crippen LogP contribution >= 0.6 is 0 Å². The molecule has 0 amide bonds. The molecule has 7 rings (SSSR count).